The molecule has 9 nitrogen and oxygen atoms in total. The fourth-order valence-corrected chi connectivity index (χ4v) is 20.8. The molecule has 0 aliphatic rings. The Morgan fingerprint density at radius 3 is 0.497 bits per heavy atom. The van der Waals surface area contributed by atoms with Crippen LogP contribution >= 0.6 is 0 Å². The van der Waals surface area contributed by atoms with Crippen LogP contribution < -0.4 is 0 Å². The Hall–Kier alpha value is -19.7. The smallest absolute Gasteiger partial charge is 0.165 e. The van der Waals surface area contributed by atoms with Crippen LogP contribution in [-0.2, 0) is 0 Å². The van der Waals surface area contributed by atoms with E-state index >= 15 is 0 Å². The number of hydrogen-bond donors (Lipinski definition) is 0. The quantitative estimate of drug-likeness (QED) is 0.0957. The van der Waals surface area contributed by atoms with Gasteiger partial charge in [0.25, 0.3) is 0 Å². The molecule has 147 heavy (non-hydrogen) atoms. The molecule has 0 unspecified atom stereocenters. The van der Waals surface area contributed by atoms with Gasteiger partial charge in [0.1, 0.15) is 16.6 Å². The first-order valence-electron chi connectivity index (χ1n) is 49.8. The first kappa shape index (κ1) is 87.5. The summed E-state index contributed by atoms with van der Waals surface area (Å²) in [7, 11) is 0. The topological polar surface area (TPSA) is 92.1 Å². The summed E-state index contributed by atoms with van der Waals surface area (Å²) in [5.74, 6) is 0. The summed E-state index contributed by atoms with van der Waals surface area (Å²) < 4.78 is 6.70. The summed E-state index contributed by atoms with van der Waals surface area (Å²) in [5, 5.41) is 3.24. The normalized spacial score (nSPS) is 11.4. The van der Waals surface area contributed by atoms with E-state index in [1.807, 2.05) is 91.0 Å². The lowest BCUT2D eigenvalue weighted by molar-refractivity contribution is 1.14. The Bertz CT molecular complexity index is 9700. The summed E-state index contributed by atoms with van der Waals surface area (Å²) in [6, 6.07) is 196. The van der Waals surface area contributed by atoms with Crippen LogP contribution in [0.4, 0.5) is 0 Å². The number of hydrogen-bond acceptors (Lipinski definition) is 6. The van der Waals surface area contributed by atoms with Crippen LogP contribution in [0.25, 0.3) is 261 Å². The average Bonchev–Trinajstić information content (AvgIpc) is 1.58. The van der Waals surface area contributed by atoms with E-state index in [0.717, 1.165) is 161 Å². The first-order valence-corrected chi connectivity index (χ1v) is 49.8. The van der Waals surface area contributed by atoms with Gasteiger partial charge in [-0.3, -0.25) is 13.7 Å². The van der Waals surface area contributed by atoms with Crippen LogP contribution in [0.5, 0.6) is 0 Å². The van der Waals surface area contributed by atoms with Gasteiger partial charge in [-0.2, -0.15) is 0 Å². The summed E-state index contributed by atoms with van der Waals surface area (Å²) in [5.41, 5.74) is 47.7. The molecule has 9 heteroatoms. The van der Waals surface area contributed by atoms with E-state index in [1.165, 1.54) is 100 Å². The van der Waals surface area contributed by atoms with E-state index in [0.29, 0.717) is 0 Å². The van der Waals surface area contributed by atoms with Crippen molar-refractivity contribution in [1.82, 2.24) is 43.6 Å². The molecule has 0 radical (unpaired) electrons. The average molecular weight is 1880 g/mol. The van der Waals surface area contributed by atoms with Crippen molar-refractivity contribution in [2.45, 2.75) is 0 Å². The molecule has 6 heterocycles. The fraction of sp³-hybridized carbons (Fsp3) is 0. The second kappa shape index (κ2) is 38.4. The summed E-state index contributed by atoms with van der Waals surface area (Å²) in [6.45, 7) is 0. The molecule has 0 fully saturated rings. The molecule has 28 aromatic rings. The number of nitrogens with zero attached hydrogens (tertiary/aromatic N) is 9. The predicted molar refractivity (Wildman–Crippen MR) is 612 cm³/mol. The van der Waals surface area contributed by atoms with Gasteiger partial charge in [-0.05, 0) is 327 Å². The van der Waals surface area contributed by atoms with Crippen LogP contribution in [0.3, 0.4) is 0 Å². The monoisotopic (exact) mass is 1870 g/mol. The van der Waals surface area contributed by atoms with Crippen LogP contribution in [0, 0.1) is 0 Å². The van der Waals surface area contributed by atoms with E-state index in [-0.39, 0.29) is 0 Å². The van der Waals surface area contributed by atoms with E-state index in [2.05, 4.69) is 475 Å². The highest BCUT2D eigenvalue weighted by molar-refractivity contribution is 6.13. The summed E-state index contributed by atoms with van der Waals surface area (Å²) >= 11 is 0. The van der Waals surface area contributed by atoms with Gasteiger partial charge in [0.15, 0.2) is 16.9 Å². The standard InChI is InChI=1S/C50H33N3.2C44H29N3/c1-4-14-34(15-5-1)36-18-12-20-38(28-36)41-30-42(39-21-13-19-37(29-39)35-16-6-2-7-17-35)32-43(31-41)40-26-27-48-45(33-40)49-50(53(48)44-22-8-3-9-23-44)52-47-25-11-10-24-46(47)51-49;1-4-13-30(14-5-1)32-17-12-18-33(25-32)36-26-35(31-15-6-2-7-16-31)27-37(28-36)34-23-24-42-39(29-34)43-44(47(42)38-19-8-3-9-20-38)46-41-22-11-10-21-40(41)45-43;1-4-12-30(13-5-1)32-20-22-33(23-21-32)36-26-35(31-14-6-2-7-15-31)27-37(28-36)34-24-25-42-39(29-34)43-44(47(42)38-16-8-3-9-17-38)46-41-19-11-10-18-40(41)45-43/h1-33H;2*1-29H. The van der Waals surface area contributed by atoms with Gasteiger partial charge < -0.3 is 0 Å². The van der Waals surface area contributed by atoms with Crippen LogP contribution in [0.2, 0.25) is 0 Å². The zero-order valence-corrected chi connectivity index (χ0v) is 80.1. The number of fused-ring (bicyclic) bond motifs is 12. The minimum absolute atomic E-state index is 0.854. The first-order chi connectivity index (χ1) is 72.8. The third-order valence-electron chi connectivity index (χ3n) is 28.1. The fourth-order valence-electron chi connectivity index (χ4n) is 20.8. The number of benzene rings is 22. The molecule has 0 spiro atoms. The number of rotatable bonds is 16. The van der Waals surface area contributed by atoms with Crippen molar-refractivity contribution >= 4 is 99.3 Å². The Kier molecular flexibility index (Phi) is 22.8. The van der Waals surface area contributed by atoms with Gasteiger partial charge in [0.05, 0.1) is 49.7 Å². The largest absolute Gasteiger partial charge is 0.293 e. The van der Waals surface area contributed by atoms with Crippen molar-refractivity contribution in [2.75, 3.05) is 0 Å². The molecule has 22 aromatic carbocycles. The maximum Gasteiger partial charge on any atom is 0.165 e. The van der Waals surface area contributed by atoms with Crippen molar-refractivity contribution in [1.29, 1.82) is 0 Å². The van der Waals surface area contributed by atoms with Gasteiger partial charge >= 0.3 is 0 Å². The Morgan fingerprint density at radius 2 is 0.259 bits per heavy atom. The number of para-hydroxylation sites is 9. The lowest BCUT2D eigenvalue weighted by Gasteiger charge is -2.14. The van der Waals surface area contributed by atoms with Gasteiger partial charge in [-0.25, -0.2) is 29.9 Å². The lowest BCUT2D eigenvalue weighted by Crippen LogP contribution is -1.96. The van der Waals surface area contributed by atoms with Crippen molar-refractivity contribution in [3.8, 4) is 162 Å². The zero-order valence-electron chi connectivity index (χ0n) is 80.1. The SMILES string of the molecule is c1ccc(-c2ccc(-c3cc(-c4ccccc4)cc(-c4ccc5c(c4)c4nc6ccccc6nc4n5-c4ccccc4)c3)cc2)cc1.c1ccc(-c2cccc(-c3cc(-c4cccc(-c5ccccc5)c4)cc(-c4ccc5c(c4)c4nc6ccccc6nc4n5-c4ccccc4)c3)c2)cc1.c1ccc(-c2cccc(-c3cc(-c4ccccc4)cc(-c4ccc5c(c4)c4nc6ccccc6nc4n5-c4ccccc4)c3)c2)cc1. The van der Waals surface area contributed by atoms with Gasteiger partial charge in [0.2, 0.25) is 0 Å². The molecule has 0 aliphatic heterocycles. The molecule has 688 valence electrons. The van der Waals surface area contributed by atoms with E-state index < -0.39 is 0 Å². The van der Waals surface area contributed by atoms with Gasteiger partial charge in [0, 0.05) is 33.2 Å². The lowest BCUT2D eigenvalue weighted by atomic mass is 9.91. The Balaban J connectivity index is 0.000000112. The highest BCUT2D eigenvalue weighted by Crippen LogP contribution is 2.45. The number of aromatic nitrogens is 9. The van der Waals surface area contributed by atoms with Crippen LogP contribution in [0.1, 0.15) is 0 Å². The molecule has 0 saturated heterocycles. The molecule has 28 rings (SSSR count). The van der Waals surface area contributed by atoms with Crippen molar-refractivity contribution < 1.29 is 0 Å². The van der Waals surface area contributed by atoms with Crippen molar-refractivity contribution in [2.24, 2.45) is 0 Å². The second-order valence-corrected chi connectivity index (χ2v) is 37.3. The molecule has 0 N–H and O–H groups in total. The molecule has 6 aromatic heterocycles. The van der Waals surface area contributed by atoms with E-state index in [4.69, 9.17) is 29.9 Å². The van der Waals surface area contributed by atoms with Crippen LogP contribution in [0.15, 0.2) is 552 Å². The molecular formula is C138H91N9. The summed E-state index contributed by atoms with van der Waals surface area (Å²) in [4.78, 5) is 31.0. The molecule has 0 amide bonds. The minimum Gasteiger partial charge on any atom is -0.293 e. The van der Waals surface area contributed by atoms with Gasteiger partial charge in [-0.15, -0.1) is 0 Å². The predicted octanol–water partition coefficient (Wildman–Crippen LogP) is 35.9. The highest BCUT2D eigenvalue weighted by Gasteiger charge is 2.24. The second-order valence-electron chi connectivity index (χ2n) is 37.3. The minimum atomic E-state index is 0.854. The van der Waals surface area contributed by atoms with Gasteiger partial charge in [-0.1, -0.05) is 370 Å². The molecular weight excluding hydrogens is 1780 g/mol. The maximum absolute atomic E-state index is 5.21. The highest BCUT2D eigenvalue weighted by atomic mass is 15.1. The summed E-state index contributed by atoms with van der Waals surface area (Å²) in [6.07, 6.45) is 0. The zero-order chi connectivity index (χ0) is 97.5. The third-order valence-corrected chi connectivity index (χ3v) is 28.1. The molecule has 0 aliphatic carbocycles. The van der Waals surface area contributed by atoms with E-state index in [9.17, 15) is 0 Å². The van der Waals surface area contributed by atoms with Crippen LogP contribution in [-0.4, -0.2) is 43.6 Å². The third kappa shape index (κ3) is 17.2. The Labute approximate surface area is 850 Å². The van der Waals surface area contributed by atoms with Crippen molar-refractivity contribution in [3.05, 3.63) is 552 Å². The molecule has 0 bridgehead atoms. The van der Waals surface area contributed by atoms with Crippen molar-refractivity contribution in [3.63, 3.8) is 0 Å². The molecule has 0 saturated carbocycles. The molecule has 0 atom stereocenters. The maximum atomic E-state index is 5.21. The Morgan fingerprint density at radius 1 is 0.109 bits per heavy atom. The van der Waals surface area contributed by atoms with E-state index in [1.54, 1.807) is 0 Å².